The van der Waals surface area contributed by atoms with Gasteiger partial charge in [-0.15, -0.1) is 0 Å². The highest BCUT2D eigenvalue weighted by Crippen LogP contribution is 2.48. The van der Waals surface area contributed by atoms with Crippen molar-refractivity contribution in [1.29, 1.82) is 0 Å². The predicted molar refractivity (Wildman–Crippen MR) is 46.7 cm³/mol. The van der Waals surface area contributed by atoms with Gasteiger partial charge in [0.1, 0.15) is 0 Å². The first-order valence-corrected chi connectivity index (χ1v) is 4.22. The summed E-state index contributed by atoms with van der Waals surface area (Å²) in [5.74, 6) is -3.11. The molecular weight excluding hydrogens is 178 g/mol. The summed E-state index contributed by atoms with van der Waals surface area (Å²) in [5, 5.41) is 17.7. The molecule has 0 fully saturated rings. The van der Waals surface area contributed by atoms with E-state index in [2.05, 4.69) is 0 Å². The zero-order valence-electron chi connectivity index (χ0n) is 8.56. The van der Waals surface area contributed by atoms with E-state index in [1.165, 1.54) is 27.7 Å². The predicted octanol–water partition coefficient (Wildman–Crippen LogP) is 1.66. The summed E-state index contributed by atoms with van der Waals surface area (Å²) in [5.41, 5.74) is -3.03. The van der Waals surface area contributed by atoms with Crippen LogP contribution in [-0.4, -0.2) is 29.3 Å². The smallest absolute Gasteiger partial charge is 0.262 e. The van der Waals surface area contributed by atoms with Crippen molar-refractivity contribution in [3.63, 3.8) is 0 Å². The molecular formula is C9H18F2O2. The van der Waals surface area contributed by atoms with Gasteiger partial charge in [-0.05, 0) is 0 Å². The normalized spacial score (nSPS) is 14.8. The van der Waals surface area contributed by atoms with Crippen LogP contribution in [0.3, 0.4) is 0 Å². The Balaban J connectivity index is 4.95. The van der Waals surface area contributed by atoms with Crippen molar-refractivity contribution < 1.29 is 19.0 Å². The lowest BCUT2D eigenvalue weighted by atomic mass is 9.71. The monoisotopic (exact) mass is 196 g/mol. The standard InChI is InChI=1S/C9H18F2O2/c1-7(2,5-12)9(10,11)8(3,4)6-13/h12-13H,5-6H2,1-4H3. The van der Waals surface area contributed by atoms with Gasteiger partial charge in [-0.1, -0.05) is 27.7 Å². The third-order valence-corrected chi connectivity index (χ3v) is 2.49. The van der Waals surface area contributed by atoms with Gasteiger partial charge < -0.3 is 10.2 Å². The SMILES string of the molecule is CC(C)(CO)C(F)(F)C(C)(C)CO. The van der Waals surface area contributed by atoms with Crippen molar-refractivity contribution in [1.82, 2.24) is 0 Å². The molecule has 0 heterocycles. The molecule has 0 spiro atoms. The maximum Gasteiger partial charge on any atom is 0.262 e. The largest absolute Gasteiger partial charge is 0.396 e. The number of hydrogen-bond acceptors (Lipinski definition) is 2. The number of hydrogen-bond donors (Lipinski definition) is 2. The first-order valence-electron chi connectivity index (χ1n) is 4.22. The highest BCUT2D eigenvalue weighted by molar-refractivity contribution is 4.95. The van der Waals surface area contributed by atoms with Crippen molar-refractivity contribution in [3.8, 4) is 0 Å². The fourth-order valence-electron chi connectivity index (χ4n) is 1.11. The zero-order valence-corrected chi connectivity index (χ0v) is 8.56. The summed E-state index contributed by atoms with van der Waals surface area (Å²) < 4.78 is 27.3. The quantitative estimate of drug-likeness (QED) is 0.718. The van der Waals surface area contributed by atoms with Gasteiger partial charge in [-0.3, -0.25) is 0 Å². The number of rotatable bonds is 4. The molecule has 80 valence electrons. The molecule has 0 bridgehead atoms. The van der Waals surface area contributed by atoms with Crippen molar-refractivity contribution >= 4 is 0 Å². The third kappa shape index (κ3) is 1.99. The van der Waals surface area contributed by atoms with Crippen LogP contribution in [0.2, 0.25) is 0 Å². The van der Waals surface area contributed by atoms with E-state index in [4.69, 9.17) is 10.2 Å². The second kappa shape index (κ2) is 3.50. The second-order valence-corrected chi connectivity index (χ2v) is 4.66. The third-order valence-electron chi connectivity index (χ3n) is 2.49. The summed E-state index contributed by atoms with van der Waals surface area (Å²) >= 11 is 0. The Morgan fingerprint density at radius 3 is 1.23 bits per heavy atom. The number of aliphatic hydroxyl groups excluding tert-OH is 2. The summed E-state index contributed by atoms with van der Waals surface area (Å²) in [7, 11) is 0. The summed E-state index contributed by atoms with van der Waals surface area (Å²) in [6, 6.07) is 0. The van der Waals surface area contributed by atoms with Gasteiger partial charge in [0.05, 0.1) is 24.0 Å². The van der Waals surface area contributed by atoms with E-state index in [0.717, 1.165) is 0 Å². The molecule has 0 saturated carbocycles. The first kappa shape index (κ1) is 12.8. The van der Waals surface area contributed by atoms with Gasteiger partial charge >= 0.3 is 0 Å². The minimum atomic E-state index is -3.11. The molecule has 0 atom stereocenters. The van der Waals surface area contributed by atoms with Crippen molar-refractivity contribution in [3.05, 3.63) is 0 Å². The van der Waals surface area contributed by atoms with Crippen LogP contribution >= 0.6 is 0 Å². The van der Waals surface area contributed by atoms with E-state index in [0.29, 0.717) is 0 Å². The summed E-state index contributed by atoms with van der Waals surface area (Å²) in [4.78, 5) is 0. The van der Waals surface area contributed by atoms with Crippen molar-refractivity contribution in [2.45, 2.75) is 33.6 Å². The molecule has 0 rings (SSSR count). The van der Waals surface area contributed by atoms with E-state index < -0.39 is 30.0 Å². The van der Waals surface area contributed by atoms with E-state index >= 15 is 0 Å². The molecule has 0 saturated heterocycles. The Bertz CT molecular complexity index is 158. The molecule has 2 N–H and O–H groups in total. The molecule has 4 heteroatoms. The topological polar surface area (TPSA) is 40.5 Å². The van der Waals surface area contributed by atoms with Crippen LogP contribution in [0.15, 0.2) is 0 Å². The lowest BCUT2D eigenvalue weighted by Gasteiger charge is -2.42. The maximum absolute atomic E-state index is 13.7. The molecule has 0 amide bonds. The number of halogens is 2. The zero-order chi connectivity index (χ0) is 10.9. The molecule has 2 nitrogen and oxygen atoms in total. The van der Waals surface area contributed by atoms with Gasteiger partial charge in [0.25, 0.3) is 5.92 Å². The van der Waals surface area contributed by atoms with E-state index in [9.17, 15) is 8.78 Å². The highest BCUT2D eigenvalue weighted by atomic mass is 19.3. The van der Waals surface area contributed by atoms with Crippen LogP contribution in [0.1, 0.15) is 27.7 Å². The van der Waals surface area contributed by atoms with Crippen LogP contribution in [-0.2, 0) is 0 Å². The molecule has 0 aromatic heterocycles. The Morgan fingerprint density at radius 2 is 1.08 bits per heavy atom. The van der Waals surface area contributed by atoms with E-state index in [1.807, 2.05) is 0 Å². The molecule has 0 unspecified atom stereocenters. The molecule has 0 aliphatic carbocycles. The maximum atomic E-state index is 13.7. The molecule has 13 heavy (non-hydrogen) atoms. The Labute approximate surface area is 77.6 Å². The first-order chi connectivity index (χ1) is 5.62. The van der Waals surface area contributed by atoms with Gasteiger partial charge in [-0.2, -0.15) is 0 Å². The summed E-state index contributed by atoms with van der Waals surface area (Å²) in [6.07, 6.45) is 0. The Hall–Kier alpha value is -0.220. The van der Waals surface area contributed by atoms with Crippen LogP contribution in [0.5, 0.6) is 0 Å². The van der Waals surface area contributed by atoms with Gasteiger partial charge in [0, 0.05) is 0 Å². The van der Waals surface area contributed by atoms with Crippen molar-refractivity contribution in [2.75, 3.05) is 13.2 Å². The molecule has 0 aliphatic rings. The van der Waals surface area contributed by atoms with Gasteiger partial charge in [-0.25, -0.2) is 8.78 Å². The highest BCUT2D eigenvalue weighted by Gasteiger charge is 2.56. The molecule has 0 radical (unpaired) electrons. The molecule has 0 aromatic rings. The fourth-order valence-corrected chi connectivity index (χ4v) is 1.11. The van der Waals surface area contributed by atoms with E-state index in [1.54, 1.807) is 0 Å². The lowest BCUT2D eigenvalue weighted by Crippen LogP contribution is -2.51. The van der Waals surface area contributed by atoms with Crippen LogP contribution in [0, 0.1) is 10.8 Å². The minimum absolute atomic E-state index is 0.608. The van der Waals surface area contributed by atoms with Crippen LogP contribution < -0.4 is 0 Å². The second-order valence-electron chi connectivity index (χ2n) is 4.66. The summed E-state index contributed by atoms with van der Waals surface area (Å²) in [6.45, 7) is 3.91. The Morgan fingerprint density at radius 1 is 0.846 bits per heavy atom. The average molecular weight is 196 g/mol. The van der Waals surface area contributed by atoms with Crippen LogP contribution in [0.4, 0.5) is 8.78 Å². The number of aliphatic hydroxyl groups is 2. The number of alkyl halides is 2. The lowest BCUT2D eigenvalue weighted by molar-refractivity contribution is -0.209. The van der Waals surface area contributed by atoms with Gasteiger partial charge in [0.2, 0.25) is 0 Å². The fraction of sp³-hybridized carbons (Fsp3) is 1.00. The van der Waals surface area contributed by atoms with Gasteiger partial charge in [0.15, 0.2) is 0 Å². The van der Waals surface area contributed by atoms with E-state index in [-0.39, 0.29) is 0 Å². The molecule has 0 aromatic carbocycles. The molecule has 0 aliphatic heterocycles. The Kier molecular flexibility index (Phi) is 3.44. The average Bonchev–Trinajstić information content (AvgIpc) is 2.03. The van der Waals surface area contributed by atoms with Crippen molar-refractivity contribution in [2.24, 2.45) is 10.8 Å². The minimum Gasteiger partial charge on any atom is -0.396 e. The van der Waals surface area contributed by atoms with Crippen LogP contribution in [0.25, 0.3) is 0 Å².